The van der Waals surface area contributed by atoms with E-state index < -0.39 is 0 Å². The maximum atomic E-state index is 12.6. The molecule has 150 valence electrons. The van der Waals surface area contributed by atoms with Crippen molar-refractivity contribution in [3.05, 3.63) is 47.2 Å². The Morgan fingerprint density at radius 1 is 1.14 bits per heavy atom. The fraction of sp³-hybridized carbons (Fsp3) is 0.500. The maximum Gasteiger partial charge on any atom is 0.222 e. The van der Waals surface area contributed by atoms with E-state index in [-0.39, 0.29) is 11.3 Å². The van der Waals surface area contributed by atoms with Crippen LogP contribution in [0.2, 0.25) is 0 Å². The first-order valence-corrected chi connectivity index (χ1v) is 10.2. The van der Waals surface area contributed by atoms with E-state index >= 15 is 0 Å². The van der Waals surface area contributed by atoms with Gasteiger partial charge in [-0.3, -0.25) is 14.8 Å². The number of anilines is 1. The van der Waals surface area contributed by atoms with Gasteiger partial charge in [-0.15, -0.1) is 0 Å². The molecule has 0 N–H and O–H groups in total. The Morgan fingerprint density at radius 3 is 2.76 bits per heavy atom. The molecule has 1 atom stereocenters. The lowest BCUT2D eigenvalue weighted by molar-refractivity contribution is -0.138. The second-order valence-electron chi connectivity index (χ2n) is 8.36. The number of aryl methyl sites for hydroxylation is 2. The summed E-state index contributed by atoms with van der Waals surface area (Å²) in [5, 5.41) is 9.52. The van der Waals surface area contributed by atoms with Gasteiger partial charge >= 0.3 is 0 Å². The van der Waals surface area contributed by atoms with Gasteiger partial charge in [-0.05, 0) is 45.2 Å². The Kier molecular flexibility index (Phi) is 5.18. The SMILES string of the molecule is Cc1cnc(CN2C[C@]3(CCCN(c4nc(C)ccc4C#N)C3)CCC2=O)cn1. The minimum absolute atomic E-state index is 0.0302. The number of carbonyl (C=O) groups excluding carboxylic acids is 1. The fourth-order valence-corrected chi connectivity index (χ4v) is 4.54. The fourth-order valence-electron chi connectivity index (χ4n) is 4.54. The molecule has 4 heterocycles. The van der Waals surface area contributed by atoms with Gasteiger partial charge in [-0.2, -0.15) is 5.26 Å². The highest BCUT2D eigenvalue weighted by Crippen LogP contribution is 2.40. The highest BCUT2D eigenvalue weighted by atomic mass is 16.2. The molecule has 2 aromatic rings. The molecule has 0 saturated carbocycles. The summed E-state index contributed by atoms with van der Waals surface area (Å²) in [6.07, 6.45) is 7.06. The molecular formula is C22H26N6O. The Hall–Kier alpha value is -3.01. The van der Waals surface area contributed by atoms with E-state index in [4.69, 9.17) is 0 Å². The molecule has 1 spiro atoms. The van der Waals surface area contributed by atoms with Crippen molar-refractivity contribution in [3.8, 4) is 6.07 Å². The van der Waals surface area contributed by atoms with Gasteiger partial charge in [-0.25, -0.2) is 4.98 Å². The standard InChI is InChI=1S/C22H26N6O/c1-16-4-5-18(10-23)21(26-16)27-9-3-7-22(14-27)8-6-20(29)28(15-22)13-19-12-24-17(2)11-25-19/h4-5,11-12H,3,6-9,13-15H2,1-2H3/t22-/m1/s1. The van der Waals surface area contributed by atoms with E-state index in [9.17, 15) is 10.1 Å². The van der Waals surface area contributed by atoms with Crippen LogP contribution in [0.1, 0.15) is 48.3 Å². The topological polar surface area (TPSA) is 86.0 Å². The normalized spacial score (nSPS) is 22.0. The van der Waals surface area contributed by atoms with E-state index in [0.717, 1.165) is 55.3 Å². The lowest BCUT2D eigenvalue weighted by atomic mass is 9.73. The van der Waals surface area contributed by atoms with Crippen LogP contribution in [0.25, 0.3) is 0 Å². The molecule has 1 amide bonds. The number of likely N-dealkylation sites (tertiary alicyclic amines) is 1. The second-order valence-corrected chi connectivity index (χ2v) is 8.36. The van der Waals surface area contributed by atoms with Crippen LogP contribution in [0.5, 0.6) is 0 Å². The Bertz CT molecular complexity index is 951. The second kappa shape index (κ2) is 7.78. The zero-order valence-corrected chi connectivity index (χ0v) is 17.1. The molecule has 2 aliphatic rings. The van der Waals surface area contributed by atoms with E-state index in [2.05, 4.69) is 25.9 Å². The highest BCUT2D eigenvalue weighted by molar-refractivity contribution is 5.77. The number of pyridine rings is 1. The molecule has 7 nitrogen and oxygen atoms in total. The van der Waals surface area contributed by atoms with Crippen molar-refractivity contribution < 1.29 is 4.79 Å². The molecule has 0 radical (unpaired) electrons. The molecule has 7 heteroatoms. The minimum atomic E-state index is 0.0302. The van der Waals surface area contributed by atoms with E-state index in [1.807, 2.05) is 30.9 Å². The molecule has 2 aromatic heterocycles. The van der Waals surface area contributed by atoms with Crippen LogP contribution in [0.4, 0.5) is 5.82 Å². The van der Waals surface area contributed by atoms with Crippen LogP contribution in [-0.2, 0) is 11.3 Å². The molecule has 0 aliphatic carbocycles. The number of hydrogen-bond acceptors (Lipinski definition) is 6. The number of nitrogens with zero attached hydrogens (tertiary/aromatic N) is 6. The molecule has 0 aromatic carbocycles. The van der Waals surface area contributed by atoms with E-state index in [1.54, 1.807) is 12.4 Å². The van der Waals surface area contributed by atoms with Crippen molar-refractivity contribution in [1.82, 2.24) is 19.9 Å². The summed E-state index contributed by atoms with van der Waals surface area (Å²) in [6.45, 7) is 6.79. The predicted molar refractivity (Wildman–Crippen MR) is 109 cm³/mol. The molecule has 2 fully saturated rings. The zero-order valence-electron chi connectivity index (χ0n) is 17.1. The van der Waals surface area contributed by atoms with E-state index in [0.29, 0.717) is 25.1 Å². The summed E-state index contributed by atoms with van der Waals surface area (Å²) in [4.78, 5) is 30.2. The lowest BCUT2D eigenvalue weighted by Gasteiger charge is -2.48. The Morgan fingerprint density at radius 2 is 2.00 bits per heavy atom. The summed E-state index contributed by atoms with van der Waals surface area (Å²) < 4.78 is 0. The lowest BCUT2D eigenvalue weighted by Crippen LogP contribution is -2.54. The first kappa shape index (κ1) is 19.3. The van der Waals surface area contributed by atoms with Crippen molar-refractivity contribution in [3.63, 3.8) is 0 Å². The monoisotopic (exact) mass is 390 g/mol. The number of aromatic nitrogens is 3. The summed E-state index contributed by atoms with van der Waals surface area (Å²) in [7, 11) is 0. The van der Waals surface area contributed by atoms with Gasteiger partial charge in [0, 0.05) is 43.4 Å². The first-order chi connectivity index (χ1) is 14.0. The highest BCUT2D eigenvalue weighted by Gasteiger charge is 2.42. The van der Waals surface area contributed by atoms with Crippen molar-refractivity contribution >= 4 is 11.7 Å². The Labute approximate surface area is 171 Å². The van der Waals surface area contributed by atoms with Crippen molar-refractivity contribution in [1.29, 1.82) is 5.26 Å². The number of amides is 1. The van der Waals surface area contributed by atoms with Gasteiger partial charge < -0.3 is 9.80 Å². The van der Waals surface area contributed by atoms with Crippen molar-refractivity contribution in [2.45, 2.75) is 46.1 Å². The summed E-state index contributed by atoms with van der Waals surface area (Å²) in [6, 6.07) is 6.01. The predicted octanol–water partition coefficient (Wildman–Crippen LogP) is 2.77. The van der Waals surface area contributed by atoms with Crippen LogP contribution >= 0.6 is 0 Å². The van der Waals surface area contributed by atoms with Gasteiger partial charge in [0.1, 0.15) is 11.9 Å². The number of carbonyl (C=O) groups is 1. The molecular weight excluding hydrogens is 364 g/mol. The largest absolute Gasteiger partial charge is 0.355 e. The minimum Gasteiger partial charge on any atom is -0.355 e. The number of piperidine rings is 2. The summed E-state index contributed by atoms with van der Waals surface area (Å²) in [5.74, 6) is 0.959. The molecule has 0 bridgehead atoms. The first-order valence-electron chi connectivity index (χ1n) is 10.2. The summed E-state index contributed by atoms with van der Waals surface area (Å²) in [5.41, 5.74) is 3.25. The van der Waals surface area contributed by atoms with Gasteiger partial charge in [0.2, 0.25) is 5.91 Å². The van der Waals surface area contributed by atoms with Gasteiger partial charge in [0.25, 0.3) is 0 Å². The number of nitriles is 1. The quantitative estimate of drug-likeness (QED) is 0.801. The number of hydrogen-bond donors (Lipinski definition) is 0. The van der Waals surface area contributed by atoms with Crippen LogP contribution in [0.3, 0.4) is 0 Å². The number of rotatable bonds is 3. The average Bonchev–Trinajstić information content (AvgIpc) is 2.73. The third kappa shape index (κ3) is 4.07. The summed E-state index contributed by atoms with van der Waals surface area (Å²) >= 11 is 0. The van der Waals surface area contributed by atoms with Crippen LogP contribution < -0.4 is 4.90 Å². The molecule has 2 saturated heterocycles. The van der Waals surface area contributed by atoms with Crippen molar-refractivity contribution in [2.75, 3.05) is 24.5 Å². The van der Waals surface area contributed by atoms with Crippen LogP contribution in [-0.4, -0.2) is 45.4 Å². The zero-order chi connectivity index (χ0) is 20.4. The maximum absolute atomic E-state index is 12.6. The van der Waals surface area contributed by atoms with Gasteiger partial charge in [0.15, 0.2) is 0 Å². The molecule has 2 aliphatic heterocycles. The smallest absolute Gasteiger partial charge is 0.222 e. The third-order valence-electron chi connectivity index (χ3n) is 6.03. The van der Waals surface area contributed by atoms with Crippen molar-refractivity contribution in [2.24, 2.45) is 5.41 Å². The molecule has 0 unspecified atom stereocenters. The van der Waals surface area contributed by atoms with Gasteiger partial charge in [-0.1, -0.05) is 0 Å². The van der Waals surface area contributed by atoms with Gasteiger partial charge in [0.05, 0.1) is 29.7 Å². The Balaban J connectivity index is 1.54. The average molecular weight is 390 g/mol. The molecule has 29 heavy (non-hydrogen) atoms. The third-order valence-corrected chi connectivity index (χ3v) is 6.03. The van der Waals surface area contributed by atoms with Crippen LogP contribution in [0.15, 0.2) is 24.5 Å². The van der Waals surface area contributed by atoms with Crippen LogP contribution in [0, 0.1) is 30.6 Å². The molecule has 4 rings (SSSR count). The van der Waals surface area contributed by atoms with E-state index in [1.165, 1.54) is 0 Å².